The van der Waals surface area contributed by atoms with E-state index in [0.717, 1.165) is 22.3 Å². The van der Waals surface area contributed by atoms with Gasteiger partial charge in [0.05, 0.1) is 6.42 Å². The number of anilines is 1. The summed E-state index contributed by atoms with van der Waals surface area (Å²) >= 11 is 0. The summed E-state index contributed by atoms with van der Waals surface area (Å²) in [6.07, 6.45) is 4.64. The predicted molar refractivity (Wildman–Crippen MR) is 114 cm³/mol. The van der Waals surface area contributed by atoms with E-state index in [1.54, 1.807) is 18.2 Å². The van der Waals surface area contributed by atoms with Crippen LogP contribution in [0.15, 0.2) is 66.7 Å². The van der Waals surface area contributed by atoms with Gasteiger partial charge in [-0.2, -0.15) is 0 Å². The van der Waals surface area contributed by atoms with Crippen LogP contribution < -0.4 is 5.32 Å². The lowest BCUT2D eigenvalue weighted by Crippen LogP contribution is -2.18. The molecule has 0 bridgehead atoms. The second-order valence-electron chi connectivity index (χ2n) is 7.08. The van der Waals surface area contributed by atoms with Crippen LogP contribution in [-0.2, 0) is 16.0 Å². The molecule has 5 nitrogen and oxygen atoms in total. The summed E-state index contributed by atoms with van der Waals surface area (Å²) in [6, 6.07) is 21.0. The normalized spacial score (nSPS) is 11.8. The highest BCUT2D eigenvalue weighted by Gasteiger charge is 2.29. The number of carbonyl (C=O) groups excluding carboxylic acids is 1. The van der Waals surface area contributed by atoms with Gasteiger partial charge < -0.3 is 9.84 Å². The van der Waals surface area contributed by atoms with Crippen molar-refractivity contribution in [3.8, 4) is 23.5 Å². The summed E-state index contributed by atoms with van der Waals surface area (Å²) in [5.41, 5.74) is 5.96. The molecule has 1 aliphatic carbocycles. The van der Waals surface area contributed by atoms with Crippen molar-refractivity contribution < 1.29 is 19.4 Å². The van der Waals surface area contributed by atoms with Gasteiger partial charge in [-0.25, -0.2) is 4.79 Å². The Morgan fingerprint density at radius 3 is 2.23 bits per heavy atom. The number of carbonyl (C=O) groups is 2. The third kappa shape index (κ3) is 3.89. The molecule has 0 saturated heterocycles. The molecule has 0 heterocycles. The third-order valence-electron chi connectivity index (χ3n) is 5.10. The molecule has 0 atom stereocenters. The topological polar surface area (TPSA) is 75.6 Å². The molecule has 4 rings (SSSR count). The Bertz CT molecular complexity index is 1130. The lowest BCUT2D eigenvalue weighted by atomic mass is 9.98. The minimum Gasteiger partial charge on any atom is -0.481 e. The number of hydrogen-bond acceptors (Lipinski definition) is 3. The van der Waals surface area contributed by atoms with Gasteiger partial charge in [0.25, 0.3) is 0 Å². The highest BCUT2D eigenvalue weighted by Crippen LogP contribution is 2.44. The van der Waals surface area contributed by atoms with E-state index in [1.807, 2.05) is 24.3 Å². The maximum atomic E-state index is 12.4. The lowest BCUT2D eigenvalue weighted by molar-refractivity contribution is -0.136. The second kappa shape index (κ2) is 8.14. The van der Waals surface area contributed by atoms with E-state index in [0.29, 0.717) is 16.8 Å². The van der Waals surface area contributed by atoms with Crippen LogP contribution in [0.1, 0.15) is 28.2 Å². The van der Waals surface area contributed by atoms with Crippen molar-refractivity contribution in [3.05, 3.63) is 89.0 Å². The maximum Gasteiger partial charge on any atom is 0.411 e. The van der Waals surface area contributed by atoms with Crippen molar-refractivity contribution in [2.24, 2.45) is 0 Å². The van der Waals surface area contributed by atoms with Crippen molar-refractivity contribution in [2.45, 2.75) is 12.3 Å². The largest absolute Gasteiger partial charge is 0.481 e. The first kappa shape index (κ1) is 19.3. The highest BCUT2D eigenvalue weighted by atomic mass is 16.5. The fourth-order valence-electron chi connectivity index (χ4n) is 3.88. The molecule has 1 aliphatic rings. The number of terminal acetylenes is 1. The number of fused-ring (bicyclic) bond motifs is 3. The Labute approximate surface area is 174 Å². The van der Waals surface area contributed by atoms with Crippen molar-refractivity contribution in [3.63, 3.8) is 0 Å². The second-order valence-corrected chi connectivity index (χ2v) is 7.08. The first-order valence-electron chi connectivity index (χ1n) is 9.49. The number of amides is 1. The van der Waals surface area contributed by atoms with Crippen LogP contribution >= 0.6 is 0 Å². The summed E-state index contributed by atoms with van der Waals surface area (Å²) < 4.78 is 5.52. The molecule has 0 aromatic heterocycles. The number of ether oxygens (including phenoxy) is 1. The highest BCUT2D eigenvalue weighted by molar-refractivity contribution is 5.86. The molecule has 2 N–H and O–H groups in total. The summed E-state index contributed by atoms with van der Waals surface area (Å²) in [6.45, 7) is 0.191. The SMILES string of the molecule is C#Cc1cc(CC(=O)O)cc(NC(=O)OCC2c3ccccc3-c3ccccc32)c1. The van der Waals surface area contributed by atoms with E-state index in [4.69, 9.17) is 16.3 Å². The number of carboxylic acid groups (broad SMARTS) is 1. The van der Waals surface area contributed by atoms with Crippen molar-refractivity contribution >= 4 is 17.7 Å². The molecule has 3 aromatic rings. The summed E-state index contributed by atoms with van der Waals surface area (Å²) in [7, 11) is 0. The molecule has 0 saturated carbocycles. The van der Waals surface area contributed by atoms with E-state index in [2.05, 4.69) is 35.5 Å². The van der Waals surface area contributed by atoms with Gasteiger partial charge in [0.15, 0.2) is 0 Å². The van der Waals surface area contributed by atoms with E-state index in [-0.39, 0.29) is 18.9 Å². The molecule has 1 amide bonds. The zero-order valence-corrected chi connectivity index (χ0v) is 16.1. The molecule has 0 spiro atoms. The summed E-state index contributed by atoms with van der Waals surface area (Å²) in [5.74, 6) is 1.45. The Hall–Kier alpha value is -4.04. The van der Waals surface area contributed by atoms with Gasteiger partial charge >= 0.3 is 12.1 Å². The van der Waals surface area contributed by atoms with Crippen LogP contribution in [0.4, 0.5) is 10.5 Å². The molecule has 5 heteroatoms. The van der Waals surface area contributed by atoms with Crippen LogP contribution in [0.5, 0.6) is 0 Å². The van der Waals surface area contributed by atoms with Crippen LogP contribution in [0.3, 0.4) is 0 Å². The molecule has 3 aromatic carbocycles. The molecule has 0 fully saturated rings. The van der Waals surface area contributed by atoms with Gasteiger partial charge in [0.1, 0.15) is 6.61 Å². The number of benzene rings is 3. The molecule has 0 unspecified atom stereocenters. The van der Waals surface area contributed by atoms with Gasteiger partial charge in [-0.05, 0) is 46.0 Å². The van der Waals surface area contributed by atoms with Crippen LogP contribution in [0, 0.1) is 12.3 Å². The zero-order valence-electron chi connectivity index (χ0n) is 16.1. The summed E-state index contributed by atoms with van der Waals surface area (Å²) in [5, 5.41) is 11.7. The standard InChI is InChI=1S/C25H19NO4/c1-2-16-11-17(14-24(27)28)13-18(12-16)26-25(29)30-15-23-21-9-5-3-7-19(21)20-8-4-6-10-22(20)23/h1,3-13,23H,14-15H2,(H,26,29)(H,27,28). The molecule has 0 aliphatic heterocycles. The number of aliphatic carboxylic acids is 1. The van der Waals surface area contributed by atoms with Crippen molar-refractivity contribution in [1.82, 2.24) is 0 Å². The van der Waals surface area contributed by atoms with Gasteiger partial charge in [-0.15, -0.1) is 6.42 Å². The third-order valence-corrected chi connectivity index (χ3v) is 5.10. The van der Waals surface area contributed by atoms with E-state index < -0.39 is 12.1 Å². The fraction of sp³-hybridized carbons (Fsp3) is 0.120. The Morgan fingerprint density at radius 1 is 1.00 bits per heavy atom. The maximum absolute atomic E-state index is 12.4. The predicted octanol–water partition coefficient (Wildman–Crippen LogP) is 4.66. The van der Waals surface area contributed by atoms with E-state index >= 15 is 0 Å². The van der Waals surface area contributed by atoms with Gasteiger partial charge in [-0.1, -0.05) is 54.5 Å². The van der Waals surface area contributed by atoms with Crippen molar-refractivity contribution in [2.75, 3.05) is 11.9 Å². The molecule has 148 valence electrons. The zero-order chi connectivity index (χ0) is 21.1. The van der Waals surface area contributed by atoms with Crippen molar-refractivity contribution in [1.29, 1.82) is 0 Å². The smallest absolute Gasteiger partial charge is 0.411 e. The van der Waals surface area contributed by atoms with E-state index in [1.165, 1.54) is 0 Å². The van der Waals surface area contributed by atoms with Gasteiger partial charge in [-0.3, -0.25) is 10.1 Å². The minimum absolute atomic E-state index is 0.0391. The monoisotopic (exact) mass is 397 g/mol. The summed E-state index contributed by atoms with van der Waals surface area (Å²) in [4.78, 5) is 23.4. The fourth-order valence-corrected chi connectivity index (χ4v) is 3.88. The Balaban J connectivity index is 1.49. The molecular formula is C25H19NO4. The van der Waals surface area contributed by atoms with E-state index in [9.17, 15) is 9.59 Å². The minimum atomic E-state index is -0.976. The average molecular weight is 397 g/mol. The molecule has 30 heavy (non-hydrogen) atoms. The Morgan fingerprint density at radius 2 is 1.63 bits per heavy atom. The first-order chi connectivity index (χ1) is 14.5. The Kier molecular flexibility index (Phi) is 5.23. The number of carboxylic acids is 1. The number of hydrogen-bond donors (Lipinski definition) is 2. The van der Waals surface area contributed by atoms with Crippen LogP contribution in [-0.4, -0.2) is 23.8 Å². The number of rotatable bonds is 5. The van der Waals surface area contributed by atoms with Gasteiger partial charge in [0, 0.05) is 17.2 Å². The lowest BCUT2D eigenvalue weighted by Gasteiger charge is -2.15. The first-order valence-corrected chi connectivity index (χ1v) is 9.49. The van der Waals surface area contributed by atoms with Crippen LogP contribution in [0.2, 0.25) is 0 Å². The molecular weight excluding hydrogens is 378 g/mol. The number of nitrogens with one attached hydrogen (secondary N) is 1. The molecule has 0 radical (unpaired) electrons. The quantitative estimate of drug-likeness (QED) is 0.614. The average Bonchev–Trinajstić information content (AvgIpc) is 3.05. The van der Waals surface area contributed by atoms with Gasteiger partial charge in [0.2, 0.25) is 0 Å². The van der Waals surface area contributed by atoms with Crippen LogP contribution in [0.25, 0.3) is 11.1 Å².